The third kappa shape index (κ3) is 2.58. The van der Waals surface area contributed by atoms with Crippen LogP contribution in [0.2, 0.25) is 0 Å². The SMILES string of the molecule is CC[C@@H]1O[C@](C#CC2CC2)(C(F)(F)F)c2c(ccc3c2OCO3)NC1=O. The summed E-state index contributed by atoms with van der Waals surface area (Å²) < 4.78 is 59.0. The van der Waals surface area contributed by atoms with Crippen molar-refractivity contribution in [1.29, 1.82) is 0 Å². The first-order chi connectivity index (χ1) is 12.4. The van der Waals surface area contributed by atoms with Crippen molar-refractivity contribution in [1.82, 2.24) is 0 Å². The van der Waals surface area contributed by atoms with Gasteiger partial charge in [0, 0.05) is 5.92 Å². The number of alkyl halides is 3. The number of halogens is 3. The van der Waals surface area contributed by atoms with Crippen LogP contribution in [0.4, 0.5) is 18.9 Å². The van der Waals surface area contributed by atoms with Crippen molar-refractivity contribution in [2.24, 2.45) is 5.92 Å². The van der Waals surface area contributed by atoms with Crippen LogP contribution in [-0.2, 0) is 15.1 Å². The molecule has 5 nitrogen and oxygen atoms in total. The van der Waals surface area contributed by atoms with Crippen molar-refractivity contribution in [2.45, 2.75) is 44.1 Å². The second kappa shape index (κ2) is 5.81. The third-order valence-corrected chi connectivity index (χ3v) is 4.56. The van der Waals surface area contributed by atoms with Gasteiger partial charge >= 0.3 is 6.18 Å². The number of ether oxygens (including phenoxy) is 3. The van der Waals surface area contributed by atoms with Gasteiger partial charge in [-0.25, -0.2) is 0 Å². The maximum atomic E-state index is 14.4. The largest absolute Gasteiger partial charge is 0.454 e. The quantitative estimate of drug-likeness (QED) is 0.774. The Labute approximate surface area is 147 Å². The van der Waals surface area contributed by atoms with Crippen molar-refractivity contribution in [3.05, 3.63) is 17.7 Å². The van der Waals surface area contributed by atoms with Crippen LogP contribution < -0.4 is 14.8 Å². The molecule has 0 unspecified atom stereocenters. The predicted octanol–water partition coefficient (Wildman–Crippen LogP) is 3.33. The molecular weight excluding hydrogens is 351 g/mol. The van der Waals surface area contributed by atoms with Crippen LogP contribution in [0.25, 0.3) is 0 Å². The van der Waals surface area contributed by atoms with E-state index in [1.165, 1.54) is 12.1 Å². The van der Waals surface area contributed by atoms with E-state index >= 15 is 0 Å². The number of amides is 1. The number of nitrogens with one attached hydrogen (secondary N) is 1. The number of rotatable bonds is 1. The zero-order valence-corrected chi connectivity index (χ0v) is 13.9. The van der Waals surface area contributed by atoms with Crippen LogP contribution >= 0.6 is 0 Å². The van der Waals surface area contributed by atoms with Crippen molar-refractivity contribution in [3.63, 3.8) is 0 Å². The van der Waals surface area contributed by atoms with Gasteiger partial charge in [0.05, 0.1) is 11.3 Å². The molecule has 1 fully saturated rings. The van der Waals surface area contributed by atoms with Gasteiger partial charge in [-0.3, -0.25) is 4.79 Å². The molecule has 2 heterocycles. The average molecular weight is 367 g/mol. The van der Waals surface area contributed by atoms with Crippen LogP contribution in [0.15, 0.2) is 12.1 Å². The summed E-state index contributed by atoms with van der Waals surface area (Å²) in [4.78, 5) is 12.3. The Balaban J connectivity index is 2.00. The predicted molar refractivity (Wildman–Crippen MR) is 84.6 cm³/mol. The summed E-state index contributed by atoms with van der Waals surface area (Å²) in [6, 6.07) is 2.82. The second-order valence-corrected chi connectivity index (χ2v) is 6.45. The average Bonchev–Trinajstić information content (AvgIpc) is 3.31. The van der Waals surface area contributed by atoms with E-state index < -0.39 is 23.8 Å². The van der Waals surface area contributed by atoms with Crippen LogP contribution in [0, 0.1) is 17.8 Å². The first-order valence-corrected chi connectivity index (χ1v) is 8.37. The van der Waals surface area contributed by atoms with Gasteiger partial charge in [-0.2, -0.15) is 13.2 Å². The lowest BCUT2D eigenvalue weighted by molar-refractivity contribution is -0.268. The number of hydrogen-bond acceptors (Lipinski definition) is 4. The van der Waals surface area contributed by atoms with E-state index in [-0.39, 0.29) is 41.9 Å². The summed E-state index contributed by atoms with van der Waals surface area (Å²) >= 11 is 0. The van der Waals surface area contributed by atoms with Crippen molar-refractivity contribution in [3.8, 4) is 23.3 Å². The molecule has 0 spiro atoms. The number of benzene rings is 1. The molecule has 1 aromatic rings. The van der Waals surface area contributed by atoms with E-state index in [0.29, 0.717) is 0 Å². The molecule has 1 amide bonds. The van der Waals surface area contributed by atoms with E-state index in [1.54, 1.807) is 6.92 Å². The van der Waals surface area contributed by atoms with Crippen LogP contribution in [-0.4, -0.2) is 25.0 Å². The topological polar surface area (TPSA) is 56.8 Å². The maximum Gasteiger partial charge on any atom is 0.433 e. The first kappa shape index (κ1) is 17.0. The number of carbonyl (C=O) groups excluding carboxylic acids is 1. The fourth-order valence-corrected chi connectivity index (χ4v) is 3.04. The molecule has 1 saturated carbocycles. The van der Waals surface area contributed by atoms with Gasteiger partial charge in [0.1, 0.15) is 6.10 Å². The molecule has 2 aliphatic heterocycles. The van der Waals surface area contributed by atoms with Gasteiger partial charge in [-0.15, -0.1) is 0 Å². The molecule has 26 heavy (non-hydrogen) atoms. The zero-order valence-electron chi connectivity index (χ0n) is 13.9. The molecule has 2 atom stereocenters. The summed E-state index contributed by atoms with van der Waals surface area (Å²) in [5.41, 5.74) is -3.35. The molecule has 138 valence electrons. The maximum absolute atomic E-state index is 14.4. The van der Waals surface area contributed by atoms with Crippen LogP contribution in [0.1, 0.15) is 31.7 Å². The summed E-state index contributed by atoms with van der Waals surface area (Å²) in [5, 5.41) is 2.52. The molecule has 0 radical (unpaired) electrons. The van der Waals surface area contributed by atoms with Gasteiger partial charge in [-0.1, -0.05) is 18.8 Å². The lowest BCUT2D eigenvalue weighted by Crippen LogP contribution is -2.46. The van der Waals surface area contributed by atoms with Gasteiger partial charge in [0.15, 0.2) is 11.5 Å². The Morgan fingerprint density at radius 2 is 2.08 bits per heavy atom. The summed E-state index contributed by atoms with van der Waals surface area (Å²) in [5.74, 6) is 4.33. The molecule has 3 aliphatic rings. The molecule has 1 N–H and O–H groups in total. The molecule has 1 aromatic carbocycles. The normalized spacial score (nSPS) is 27.1. The first-order valence-electron chi connectivity index (χ1n) is 8.37. The lowest BCUT2D eigenvalue weighted by atomic mass is 9.90. The fraction of sp³-hybridized carbons (Fsp3) is 0.500. The van der Waals surface area contributed by atoms with Crippen molar-refractivity contribution in [2.75, 3.05) is 12.1 Å². The second-order valence-electron chi connectivity index (χ2n) is 6.45. The Kier molecular flexibility index (Phi) is 3.81. The summed E-state index contributed by atoms with van der Waals surface area (Å²) in [6.45, 7) is 1.38. The Bertz CT molecular complexity index is 822. The van der Waals surface area contributed by atoms with Gasteiger partial charge in [0.2, 0.25) is 6.79 Å². The Morgan fingerprint density at radius 3 is 2.73 bits per heavy atom. The Hall–Kier alpha value is -2.40. The standard InChI is InChI=1S/C18H16F3NO4/c1-2-12-16(23)22-11-5-6-13-15(25-9-24-13)14(11)17(26-12,18(19,20)21)8-7-10-3-4-10/h5-6,10,12H,2-4,9H2,1H3,(H,22,23)/t12-,17-/m0/s1. The number of fused-ring (bicyclic) bond motifs is 3. The monoisotopic (exact) mass is 367 g/mol. The minimum Gasteiger partial charge on any atom is -0.454 e. The molecule has 4 rings (SSSR count). The highest BCUT2D eigenvalue weighted by atomic mass is 19.4. The van der Waals surface area contributed by atoms with Gasteiger partial charge in [0.25, 0.3) is 11.5 Å². The van der Waals surface area contributed by atoms with E-state index in [9.17, 15) is 18.0 Å². The molecule has 0 bridgehead atoms. The lowest BCUT2D eigenvalue weighted by Gasteiger charge is -2.33. The molecule has 8 heteroatoms. The molecule has 0 aromatic heterocycles. The van der Waals surface area contributed by atoms with Crippen molar-refractivity contribution < 1.29 is 32.2 Å². The highest BCUT2D eigenvalue weighted by Crippen LogP contribution is 2.54. The minimum absolute atomic E-state index is 0.0300. The number of carbonyl (C=O) groups is 1. The minimum atomic E-state index is -4.88. The molecule has 1 aliphatic carbocycles. The van der Waals surface area contributed by atoms with Gasteiger partial charge in [-0.05, 0) is 31.4 Å². The summed E-state index contributed by atoms with van der Waals surface area (Å²) in [6.07, 6.45) is -4.59. The van der Waals surface area contributed by atoms with E-state index in [4.69, 9.17) is 14.2 Å². The number of anilines is 1. The van der Waals surface area contributed by atoms with E-state index in [1.807, 2.05) is 0 Å². The van der Waals surface area contributed by atoms with Gasteiger partial charge < -0.3 is 19.5 Å². The van der Waals surface area contributed by atoms with Crippen LogP contribution in [0.5, 0.6) is 11.5 Å². The molecule has 0 saturated heterocycles. The smallest absolute Gasteiger partial charge is 0.433 e. The summed E-state index contributed by atoms with van der Waals surface area (Å²) in [7, 11) is 0. The number of hydrogen-bond donors (Lipinski definition) is 1. The van der Waals surface area contributed by atoms with E-state index in [0.717, 1.165) is 12.8 Å². The zero-order chi connectivity index (χ0) is 18.5. The fourth-order valence-electron chi connectivity index (χ4n) is 3.04. The van der Waals surface area contributed by atoms with Crippen LogP contribution in [0.3, 0.4) is 0 Å². The Morgan fingerprint density at radius 1 is 1.31 bits per heavy atom. The van der Waals surface area contributed by atoms with Crippen molar-refractivity contribution >= 4 is 11.6 Å². The third-order valence-electron chi connectivity index (χ3n) is 4.56. The highest BCUT2D eigenvalue weighted by Gasteiger charge is 2.62. The van der Waals surface area contributed by atoms with E-state index in [2.05, 4.69) is 17.2 Å². The highest BCUT2D eigenvalue weighted by molar-refractivity contribution is 5.97. The molecular formula is C18H16F3NO4.